The van der Waals surface area contributed by atoms with Gasteiger partial charge in [0.2, 0.25) is 0 Å². The molecule has 0 spiro atoms. The van der Waals surface area contributed by atoms with E-state index in [1.807, 2.05) is 0 Å². The summed E-state index contributed by atoms with van der Waals surface area (Å²) in [7, 11) is 0. The van der Waals surface area contributed by atoms with Crippen molar-refractivity contribution >= 4 is 5.69 Å². The number of hydrogen-bond donors (Lipinski definition) is 1. The quantitative estimate of drug-likeness (QED) is 0.900. The van der Waals surface area contributed by atoms with Crippen LogP contribution in [0.2, 0.25) is 0 Å². The second-order valence-corrected chi connectivity index (χ2v) is 6.74. The van der Waals surface area contributed by atoms with Crippen molar-refractivity contribution in [2.45, 2.75) is 53.1 Å². The van der Waals surface area contributed by atoms with Gasteiger partial charge in [-0.2, -0.15) is 0 Å². The van der Waals surface area contributed by atoms with Gasteiger partial charge in [-0.1, -0.05) is 46.8 Å². The molecule has 1 aromatic carbocycles. The molecule has 1 aliphatic heterocycles. The molecule has 2 heteroatoms. The van der Waals surface area contributed by atoms with Crippen LogP contribution in [0.3, 0.4) is 0 Å². The largest absolute Gasteiger partial charge is 0.365 e. The Labute approximate surface area is 124 Å². The molecule has 0 amide bonds. The number of anilines is 1. The Kier molecular flexibility index (Phi) is 5.09. The molecule has 1 fully saturated rings. The van der Waals surface area contributed by atoms with E-state index in [4.69, 9.17) is 0 Å². The van der Waals surface area contributed by atoms with Gasteiger partial charge in [-0.3, -0.25) is 0 Å². The Morgan fingerprint density at radius 1 is 1.10 bits per heavy atom. The predicted octanol–water partition coefficient (Wildman–Crippen LogP) is 3.71. The summed E-state index contributed by atoms with van der Waals surface area (Å²) < 4.78 is 0. The van der Waals surface area contributed by atoms with Crippen molar-refractivity contribution in [1.82, 2.24) is 5.32 Å². The first-order valence-corrected chi connectivity index (χ1v) is 8.11. The lowest BCUT2D eigenvalue weighted by atomic mass is 9.93. The van der Waals surface area contributed by atoms with Gasteiger partial charge in [-0.15, -0.1) is 0 Å². The topological polar surface area (TPSA) is 15.3 Å². The van der Waals surface area contributed by atoms with Crippen LogP contribution >= 0.6 is 0 Å². The summed E-state index contributed by atoms with van der Waals surface area (Å²) >= 11 is 0. The summed E-state index contributed by atoms with van der Waals surface area (Å²) in [5.74, 6) is 1.35. The van der Waals surface area contributed by atoms with E-state index in [0.29, 0.717) is 23.9 Å². The molecule has 1 saturated heterocycles. The van der Waals surface area contributed by atoms with Crippen LogP contribution in [0.1, 0.15) is 40.2 Å². The lowest BCUT2D eigenvalue weighted by molar-refractivity contribution is 0.295. The SMILES string of the molecule is CCc1ccc(N2CC(C(C)C)NCC2C(C)C)cc1. The van der Waals surface area contributed by atoms with E-state index in [9.17, 15) is 0 Å². The van der Waals surface area contributed by atoms with Crippen LogP contribution in [-0.2, 0) is 6.42 Å². The maximum atomic E-state index is 3.73. The Bertz CT molecular complexity index is 408. The Balaban J connectivity index is 2.21. The minimum Gasteiger partial charge on any atom is -0.365 e. The van der Waals surface area contributed by atoms with Crippen molar-refractivity contribution in [1.29, 1.82) is 0 Å². The second kappa shape index (κ2) is 6.62. The van der Waals surface area contributed by atoms with E-state index < -0.39 is 0 Å². The highest BCUT2D eigenvalue weighted by Crippen LogP contribution is 2.25. The van der Waals surface area contributed by atoms with E-state index in [0.717, 1.165) is 19.5 Å². The normalized spacial score (nSPS) is 23.6. The van der Waals surface area contributed by atoms with Gasteiger partial charge in [-0.25, -0.2) is 0 Å². The fourth-order valence-electron chi connectivity index (χ4n) is 3.06. The summed E-state index contributed by atoms with van der Waals surface area (Å²) in [6.45, 7) is 13.7. The number of aryl methyl sites for hydroxylation is 1. The summed E-state index contributed by atoms with van der Waals surface area (Å²) in [5.41, 5.74) is 2.80. The first-order chi connectivity index (χ1) is 9.52. The third kappa shape index (κ3) is 3.35. The summed E-state index contributed by atoms with van der Waals surface area (Å²) in [4.78, 5) is 2.62. The molecule has 2 atom stereocenters. The summed E-state index contributed by atoms with van der Waals surface area (Å²) in [6.07, 6.45) is 1.12. The lowest BCUT2D eigenvalue weighted by Crippen LogP contribution is -2.60. The molecule has 2 rings (SSSR count). The monoisotopic (exact) mass is 274 g/mol. The van der Waals surface area contributed by atoms with Gasteiger partial charge in [0.25, 0.3) is 0 Å². The molecule has 0 aromatic heterocycles. The number of nitrogens with zero attached hydrogens (tertiary/aromatic N) is 1. The molecule has 0 radical (unpaired) electrons. The lowest BCUT2D eigenvalue weighted by Gasteiger charge is -2.45. The van der Waals surface area contributed by atoms with E-state index in [1.165, 1.54) is 11.3 Å². The van der Waals surface area contributed by atoms with E-state index in [-0.39, 0.29) is 0 Å². The zero-order valence-corrected chi connectivity index (χ0v) is 13.7. The third-order valence-electron chi connectivity index (χ3n) is 4.63. The van der Waals surface area contributed by atoms with Gasteiger partial charge >= 0.3 is 0 Å². The van der Waals surface area contributed by atoms with Crippen molar-refractivity contribution in [3.63, 3.8) is 0 Å². The molecule has 1 aliphatic rings. The minimum atomic E-state index is 0.593. The molecule has 0 aliphatic carbocycles. The Hall–Kier alpha value is -1.02. The number of piperazine rings is 1. The van der Waals surface area contributed by atoms with Crippen LogP contribution in [0.5, 0.6) is 0 Å². The Morgan fingerprint density at radius 3 is 2.25 bits per heavy atom. The highest BCUT2D eigenvalue weighted by atomic mass is 15.2. The smallest absolute Gasteiger partial charge is 0.0438 e. The van der Waals surface area contributed by atoms with Crippen molar-refractivity contribution in [2.75, 3.05) is 18.0 Å². The van der Waals surface area contributed by atoms with Gasteiger partial charge in [0.05, 0.1) is 0 Å². The fourth-order valence-corrected chi connectivity index (χ4v) is 3.06. The van der Waals surface area contributed by atoms with Crippen LogP contribution in [0.4, 0.5) is 5.69 Å². The van der Waals surface area contributed by atoms with Crippen LogP contribution in [0.25, 0.3) is 0 Å². The van der Waals surface area contributed by atoms with Crippen molar-refractivity contribution in [3.8, 4) is 0 Å². The third-order valence-corrected chi connectivity index (χ3v) is 4.63. The van der Waals surface area contributed by atoms with Crippen molar-refractivity contribution in [3.05, 3.63) is 29.8 Å². The number of benzene rings is 1. The molecule has 1 N–H and O–H groups in total. The zero-order valence-electron chi connectivity index (χ0n) is 13.7. The molecule has 0 saturated carbocycles. The highest BCUT2D eigenvalue weighted by Gasteiger charge is 2.31. The number of nitrogens with one attached hydrogen (secondary N) is 1. The maximum Gasteiger partial charge on any atom is 0.0438 e. The summed E-state index contributed by atoms with van der Waals surface area (Å²) in [6, 6.07) is 10.3. The van der Waals surface area contributed by atoms with Crippen molar-refractivity contribution in [2.24, 2.45) is 11.8 Å². The van der Waals surface area contributed by atoms with Crippen LogP contribution in [0, 0.1) is 11.8 Å². The molecule has 1 aromatic rings. The predicted molar refractivity (Wildman–Crippen MR) is 88.4 cm³/mol. The zero-order chi connectivity index (χ0) is 14.7. The van der Waals surface area contributed by atoms with Crippen molar-refractivity contribution < 1.29 is 0 Å². The van der Waals surface area contributed by atoms with Gasteiger partial charge in [0.1, 0.15) is 0 Å². The van der Waals surface area contributed by atoms with E-state index in [1.54, 1.807) is 0 Å². The first kappa shape index (κ1) is 15.4. The van der Waals surface area contributed by atoms with Crippen LogP contribution < -0.4 is 10.2 Å². The molecule has 0 bridgehead atoms. The van der Waals surface area contributed by atoms with Crippen LogP contribution in [0.15, 0.2) is 24.3 Å². The number of hydrogen-bond acceptors (Lipinski definition) is 2. The minimum absolute atomic E-state index is 0.593. The molecule has 20 heavy (non-hydrogen) atoms. The molecule has 1 heterocycles. The standard InChI is InChI=1S/C18H30N2/c1-6-15-7-9-16(10-8-15)20-12-17(13(2)3)19-11-18(20)14(4)5/h7-10,13-14,17-19H,6,11-12H2,1-5H3. The molecular weight excluding hydrogens is 244 g/mol. The first-order valence-electron chi connectivity index (χ1n) is 8.11. The maximum absolute atomic E-state index is 3.73. The van der Waals surface area contributed by atoms with Gasteiger partial charge in [0, 0.05) is 30.9 Å². The molecular formula is C18H30N2. The van der Waals surface area contributed by atoms with Crippen LogP contribution in [-0.4, -0.2) is 25.2 Å². The van der Waals surface area contributed by atoms with Gasteiger partial charge in [0.15, 0.2) is 0 Å². The summed E-state index contributed by atoms with van der Waals surface area (Å²) in [5, 5.41) is 3.73. The van der Waals surface area contributed by atoms with Gasteiger partial charge < -0.3 is 10.2 Å². The van der Waals surface area contributed by atoms with Gasteiger partial charge in [-0.05, 0) is 36.0 Å². The molecule has 2 nitrogen and oxygen atoms in total. The number of rotatable bonds is 4. The molecule has 2 unspecified atom stereocenters. The average molecular weight is 274 g/mol. The second-order valence-electron chi connectivity index (χ2n) is 6.74. The fraction of sp³-hybridized carbons (Fsp3) is 0.667. The van der Waals surface area contributed by atoms with E-state index in [2.05, 4.69) is 69.1 Å². The Morgan fingerprint density at radius 2 is 1.75 bits per heavy atom. The molecule has 112 valence electrons. The highest BCUT2D eigenvalue weighted by molar-refractivity contribution is 5.49. The average Bonchev–Trinajstić information content (AvgIpc) is 2.46. The van der Waals surface area contributed by atoms with E-state index >= 15 is 0 Å².